The van der Waals surface area contributed by atoms with Gasteiger partial charge in [0.1, 0.15) is 18.0 Å². The van der Waals surface area contributed by atoms with E-state index in [1.54, 1.807) is 42.5 Å². The fourth-order valence-electron chi connectivity index (χ4n) is 4.73. The van der Waals surface area contributed by atoms with Crippen molar-refractivity contribution in [1.82, 2.24) is 20.5 Å². The monoisotopic (exact) mass is 590 g/mol. The molecule has 1 aliphatic heterocycles. The van der Waals surface area contributed by atoms with Gasteiger partial charge in [-0.3, -0.25) is 19.4 Å². The van der Waals surface area contributed by atoms with Crippen LogP contribution in [-0.4, -0.2) is 75.8 Å². The molecule has 13 heteroatoms. The molecule has 1 saturated heterocycles. The first-order chi connectivity index (χ1) is 19.6. The number of benzene rings is 1. The number of aromatic nitrogens is 1. The van der Waals surface area contributed by atoms with Crippen molar-refractivity contribution < 1.29 is 32.7 Å². The molecule has 6 N–H and O–H groups in total. The van der Waals surface area contributed by atoms with Crippen molar-refractivity contribution in [1.29, 1.82) is 5.41 Å². The van der Waals surface area contributed by atoms with Crippen LogP contribution in [0.2, 0.25) is 0 Å². The Bertz CT molecular complexity index is 1260. The van der Waals surface area contributed by atoms with Crippen molar-refractivity contribution in [2.24, 2.45) is 11.1 Å². The van der Waals surface area contributed by atoms with Gasteiger partial charge in [0.25, 0.3) is 0 Å². The summed E-state index contributed by atoms with van der Waals surface area (Å²) in [5.41, 5.74) is 4.70. The molecule has 0 aliphatic carbocycles. The molecule has 1 aliphatic rings. The fourth-order valence-corrected chi connectivity index (χ4v) is 4.73. The van der Waals surface area contributed by atoms with Gasteiger partial charge < -0.3 is 31.8 Å². The van der Waals surface area contributed by atoms with E-state index >= 15 is 0 Å². The molecular weight excluding hydrogens is 553 g/mol. The van der Waals surface area contributed by atoms with Gasteiger partial charge in [-0.15, -0.1) is 0 Å². The topological polar surface area (TPSA) is 162 Å². The van der Waals surface area contributed by atoms with Gasteiger partial charge in [0.05, 0.1) is 12.1 Å². The molecule has 2 heterocycles. The second-order valence-electron chi connectivity index (χ2n) is 11.1. The minimum atomic E-state index is -4.67. The van der Waals surface area contributed by atoms with Gasteiger partial charge in [0.2, 0.25) is 17.7 Å². The number of piperidine rings is 1. The van der Waals surface area contributed by atoms with E-state index in [9.17, 15) is 32.7 Å². The average Bonchev–Trinajstić information content (AvgIpc) is 2.94. The summed E-state index contributed by atoms with van der Waals surface area (Å²) in [6.45, 7) is 0.942. The van der Waals surface area contributed by atoms with Gasteiger partial charge in [0, 0.05) is 43.5 Å². The molecule has 10 nitrogen and oxygen atoms in total. The molecule has 0 radical (unpaired) electrons. The highest BCUT2D eigenvalue weighted by Gasteiger charge is 2.49. The summed E-state index contributed by atoms with van der Waals surface area (Å²) >= 11 is 0. The van der Waals surface area contributed by atoms with Gasteiger partial charge >= 0.3 is 6.18 Å². The van der Waals surface area contributed by atoms with E-state index < -0.39 is 47.4 Å². The van der Waals surface area contributed by atoms with Crippen LogP contribution in [0.25, 0.3) is 0 Å². The number of aliphatic hydroxyl groups is 1. The van der Waals surface area contributed by atoms with Crippen LogP contribution in [0.1, 0.15) is 43.5 Å². The van der Waals surface area contributed by atoms with Crippen LogP contribution in [0.4, 0.5) is 13.2 Å². The number of nitrogens with zero attached hydrogens (tertiary/aromatic N) is 2. The first-order valence-corrected chi connectivity index (χ1v) is 13.5. The first kappa shape index (κ1) is 32.7. The number of likely N-dealkylation sites (tertiary alicyclic amines) is 1. The minimum absolute atomic E-state index is 0.0395. The van der Waals surface area contributed by atoms with Crippen molar-refractivity contribution in [2.75, 3.05) is 19.6 Å². The molecular formula is C29H37F3N6O4. The van der Waals surface area contributed by atoms with Crippen LogP contribution in [0.3, 0.4) is 0 Å². The predicted molar refractivity (Wildman–Crippen MR) is 149 cm³/mol. The lowest BCUT2D eigenvalue weighted by Crippen LogP contribution is -2.63. The van der Waals surface area contributed by atoms with E-state index in [1.807, 2.05) is 5.32 Å². The summed E-state index contributed by atoms with van der Waals surface area (Å²) in [7, 11) is 0. The Morgan fingerprint density at radius 1 is 1.14 bits per heavy atom. The minimum Gasteiger partial charge on any atom is -0.392 e. The van der Waals surface area contributed by atoms with Crippen molar-refractivity contribution in [3.05, 3.63) is 65.5 Å². The molecule has 0 saturated carbocycles. The Balaban J connectivity index is 1.90. The lowest BCUT2D eigenvalue weighted by atomic mass is 9.73. The third-order valence-electron chi connectivity index (χ3n) is 7.19. The average molecular weight is 591 g/mol. The SMILES string of the molecule is CC(C)(N)C(=O)N[C@H](CCc1ccc(CO)cc1)C(=O)N1CCC(=N)[C@](Cc2ccccn2)(C(=O)NCC(F)(F)F)C1. The number of aryl methyl sites for hydroxylation is 1. The highest BCUT2D eigenvalue weighted by atomic mass is 19.4. The van der Waals surface area contributed by atoms with Crippen LogP contribution in [0.15, 0.2) is 48.7 Å². The number of pyridine rings is 1. The first-order valence-electron chi connectivity index (χ1n) is 13.5. The van der Waals surface area contributed by atoms with Crippen molar-refractivity contribution in [3.63, 3.8) is 0 Å². The van der Waals surface area contributed by atoms with Gasteiger partial charge in [-0.2, -0.15) is 13.2 Å². The number of halogens is 3. The molecule has 1 aromatic carbocycles. The summed E-state index contributed by atoms with van der Waals surface area (Å²) in [5.74, 6) is -2.15. The number of rotatable bonds is 11. The Kier molecular flexibility index (Phi) is 10.4. The maximum Gasteiger partial charge on any atom is 0.405 e. The Labute approximate surface area is 242 Å². The number of carbonyl (C=O) groups excluding carboxylic acids is 3. The molecule has 1 fully saturated rings. The molecule has 3 amide bonds. The van der Waals surface area contributed by atoms with Gasteiger partial charge in [-0.25, -0.2) is 0 Å². The summed E-state index contributed by atoms with van der Waals surface area (Å²) in [5, 5.41) is 22.6. The molecule has 2 aromatic rings. The van der Waals surface area contributed by atoms with Gasteiger partial charge in [-0.05, 0) is 49.9 Å². The number of hydrogen-bond acceptors (Lipinski definition) is 7. The third-order valence-corrected chi connectivity index (χ3v) is 7.19. The normalized spacial score (nSPS) is 18.4. The zero-order chi connectivity index (χ0) is 31.1. The van der Waals surface area contributed by atoms with Gasteiger partial charge in [0.15, 0.2) is 0 Å². The van der Waals surface area contributed by atoms with E-state index in [2.05, 4.69) is 10.3 Å². The number of hydrogen-bond donors (Lipinski definition) is 5. The second kappa shape index (κ2) is 13.4. The second-order valence-corrected chi connectivity index (χ2v) is 11.1. The molecule has 0 unspecified atom stereocenters. The summed E-state index contributed by atoms with van der Waals surface area (Å²) in [6.07, 6.45) is -2.90. The number of alkyl halides is 3. The largest absolute Gasteiger partial charge is 0.405 e. The number of aliphatic hydroxyl groups excluding tert-OH is 1. The van der Waals surface area contributed by atoms with E-state index in [-0.39, 0.29) is 44.7 Å². The summed E-state index contributed by atoms with van der Waals surface area (Å²) in [6, 6.07) is 10.9. The van der Waals surface area contributed by atoms with Gasteiger partial charge in [-0.1, -0.05) is 30.3 Å². The summed E-state index contributed by atoms with van der Waals surface area (Å²) < 4.78 is 39.1. The van der Waals surface area contributed by atoms with Crippen LogP contribution in [0, 0.1) is 10.8 Å². The van der Waals surface area contributed by atoms with Crippen molar-refractivity contribution in [3.8, 4) is 0 Å². The predicted octanol–water partition coefficient (Wildman–Crippen LogP) is 1.89. The van der Waals surface area contributed by atoms with E-state index in [0.717, 1.165) is 5.56 Å². The number of nitrogens with one attached hydrogen (secondary N) is 3. The highest BCUT2D eigenvalue weighted by molar-refractivity contribution is 6.09. The molecule has 0 spiro atoms. The van der Waals surface area contributed by atoms with Crippen LogP contribution < -0.4 is 16.4 Å². The zero-order valence-corrected chi connectivity index (χ0v) is 23.6. The smallest absolute Gasteiger partial charge is 0.392 e. The lowest BCUT2D eigenvalue weighted by molar-refractivity contribution is -0.146. The number of amides is 3. The Hall–Kier alpha value is -3.84. The molecule has 1 aromatic heterocycles. The molecule has 228 valence electrons. The number of carbonyl (C=O) groups is 3. The Morgan fingerprint density at radius 2 is 1.81 bits per heavy atom. The maximum absolute atomic E-state index is 13.9. The van der Waals surface area contributed by atoms with E-state index in [4.69, 9.17) is 11.1 Å². The molecule has 0 bridgehead atoms. The molecule has 42 heavy (non-hydrogen) atoms. The fraction of sp³-hybridized carbons (Fsp3) is 0.483. The Morgan fingerprint density at radius 3 is 2.38 bits per heavy atom. The molecule has 2 atom stereocenters. The van der Waals surface area contributed by atoms with Crippen LogP contribution >= 0.6 is 0 Å². The van der Waals surface area contributed by atoms with E-state index in [1.165, 1.54) is 24.9 Å². The van der Waals surface area contributed by atoms with Crippen LogP contribution in [0.5, 0.6) is 0 Å². The lowest BCUT2D eigenvalue weighted by Gasteiger charge is -2.43. The number of nitrogens with two attached hydrogens (primary N) is 1. The van der Waals surface area contributed by atoms with Crippen molar-refractivity contribution in [2.45, 2.75) is 63.9 Å². The van der Waals surface area contributed by atoms with Crippen molar-refractivity contribution >= 4 is 23.4 Å². The van der Waals surface area contributed by atoms with E-state index in [0.29, 0.717) is 17.7 Å². The third kappa shape index (κ3) is 8.58. The zero-order valence-electron chi connectivity index (χ0n) is 23.6. The highest BCUT2D eigenvalue weighted by Crippen LogP contribution is 2.32. The maximum atomic E-state index is 13.9. The summed E-state index contributed by atoms with van der Waals surface area (Å²) in [4.78, 5) is 45.6. The standard InChI is InChI=1S/C29H37F3N6O4/c1-27(2,34)25(41)37-22(11-10-19-6-8-20(16-39)9-7-19)24(40)38-14-12-23(33)28(18-38,15-21-5-3-4-13-35-21)26(42)36-17-29(30,31)32/h3-9,13,22,33,39H,10-12,14-18,34H2,1-2H3,(H,36,42)(H,37,41)/t22-,28-/m1/s1. The van der Waals surface area contributed by atoms with Crippen LogP contribution in [-0.2, 0) is 33.8 Å². The molecule has 3 rings (SSSR count). The quantitative estimate of drug-likeness (QED) is 0.269.